The van der Waals surface area contributed by atoms with Crippen molar-refractivity contribution in [1.82, 2.24) is 5.43 Å². The zero-order valence-electron chi connectivity index (χ0n) is 12.9. The van der Waals surface area contributed by atoms with Crippen LogP contribution in [0.15, 0.2) is 53.6 Å². The summed E-state index contributed by atoms with van der Waals surface area (Å²) >= 11 is 0. The Hall–Kier alpha value is -3.42. The third-order valence-corrected chi connectivity index (χ3v) is 3.05. The van der Waals surface area contributed by atoms with E-state index < -0.39 is 4.92 Å². The molecule has 0 spiro atoms. The Bertz CT molecular complexity index is 744. The highest BCUT2D eigenvalue weighted by Crippen LogP contribution is 2.22. The minimum Gasteiger partial charge on any atom is -0.495 e. The largest absolute Gasteiger partial charge is 0.495 e. The standard InChI is InChI=1S/C16H16N4O4/c1-24-15-5-3-2-4-14(15)17-11-16(21)19-18-10-12-6-8-13(9-7-12)20(22)23/h2-10,17H,11H2,1H3,(H,19,21)/b18-10+. The average molecular weight is 328 g/mol. The van der Waals surface area contributed by atoms with Gasteiger partial charge in [-0.15, -0.1) is 0 Å². The number of benzene rings is 2. The van der Waals surface area contributed by atoms with E-state index in [2.05, 4.69) is 15.8 Å². The van der Waals surface area contributed by atoms with Crippen LogP contribution in [-0.4, -0.2) is 30.7 Å². The molecule has 0 radical (unpaired) electrons. The number of non-ortho nitro benzene ring substituents is 1. The summed E-state index contributed by atoms with van der Waals surface area (Å²) in [6, 6.07) is 13.1. The molecule has 0 aromatic heterocycles. The van der Waals surface area contributed by atoms with E-state index in [0.29, 0.717) is 17.0 Å². The van der Waals surface area contributed by atoms with Crippen LogP contribution in [0.2, 0.25) is 0 Å². The molecule has 2 rings (SSSR count). The maximum atomic E-state index is 11.7. The number of nitro groups is 1. The number of hydrogen-bond acceptors (Lipinski definition) is 6. The van der Waals surface area contributed by atoms with Gasteiger partial charge in [0.2, 0.25) is 0 Å². The number of hydrogen-bond donors (Lipinski definition) is 2. The molecule has 0 aliphatic rings. The summed E-state index contributed by atoms with van der Waals surface area (Å²) in [6.07, 6.45) is 1.41. The lowest BCUT2D eigenvalue weighted by atomic mass is 10.2. The van der Waals surface area contributed by atoms with Crippen molar-refractivity contribution < 1.29 is 14.5 Å². The molecule has 1 amide bonds. The van der Waals surface area contributed by atoms with E-state index in [1.807, 2.05) is 12.1 Å². The minimum atomic E-state index is -0.480. The highest BCUT2D eigenvalue weighted by molar-refractivity contribution is 5.84. The number of carbonyl (C=O) groups excluding carboxylic acids is 1. The lowest BCUT2D eigenvalue weighted by Gasteiger charge is -2.09. The van der Waals surface area contributed by atoms with Gasteiger partial charge in [0.15, 0.2) is 0 Å². The molecule has 2 N–H and O–H groups in total. The van der Waals surface area contributed by atoms with E-state index in [4.69, 9.17) is 4.74 Å². The number of para-hydroxylation sites is 2. The van der Waals surface area contributed by atoms with Crippen LogP contribution in [0.1, 0.15) is 5.56 Å². The Kier molecular flexibility index (Phi) is 5.84. The Morgan fingerprint density at radius 3 is 2.62 bits per heavy atom. The quantitative estimate of drug-likeness (QED) is 0.460. The van der Waals surface area contributed by atoms with Crippen molar-refractivity contribution in [3.05, 3.63) is 64.2 Å². The van der Waals surface area contributed by atoms with Crippen LogP contribution in [0.25, 0.3) is 0 Å². The van der Waals surface area contributed by atoms with Gasteiger partial charge >= 0.3 is 0 Å². The third kappa shape index (κ3) is 4.80. The fourth-order valence-electron chi connectivity index (χ4n) is 1.87. The van der Waals surface area contributed by atoms with E-state index in [-0.39, 0.29) is 18.1 Å². The molecule has 24 heavy (non-hydrogen) atoms. The van der Waals surface area contributed by atoms with Crippen molar-refractivity contribution in [3.8, 4) is 5.75 Å². The zero-order chi connectivity index (χ0) is 17.4. The number of carbonyl (C=O) groups is 1. The summed E-state index contributed by atoms with van der Waals surface area (Å²) < 4.78 is 5.17. The Morgan fingerprint density at radius 2 is 1.96 bits per heavy atom. The number of rotatable bonds is 7. The number of nitro benzene ring substituents is 1. The molecule has 124 valence electrons. The van der Waals surface area contributed by atoms with Crippen molar-refractivity contribution in [1.29, 1.82) is 0 Å². The molecule has 0 saturated heterocycles. The highest BCUT2D eigenvalue weighted by Gasteiger charge is 2.04. The first-order valence-electron chi connectivity index (χ1n) is 7.03. The normalized spacial score (nSPS) is 10.4. The predicted octanol–water partition coefficient (Wildman–Crippen LogP) is 2.17. The third-order valence-electron chi connectivity index (χ3n) is 3.05. The number of nitrogens with zero attached hydrogens (tertiary/aromatic N) is 2. The molecular weight excluding hydrogens is 312 g/mol. The van der Waals surface area contributed by atoms with Crippen LogP contribution >= 0.6 is 0 Å². The highest BCUT2D eigenvalue weighted by atomic mass is 16.6. The van der Waals surface area contributed by atoms with Gasteiger partial charge in [-0.3, -0.25) is 14.9 Å². The lowest BCUT2D eigenvalue weighted by Crippen LogP contribution is -2.26. The van der Waals surface area contributed by atoms with Gasteiger partial charge in [0.05, 0.1) is 30.5 Å². The van der Waals surface area contributed by atoms with E-state index >= 15 is 0 Å². The van der Waals surface area contributed by atoms with Gasteiger partial charge in [-0.25, -0.2) is 5.43 Å². The molecule has 2 aromatic carbocycles. The molecule has 0 fully saturated rings. The molecule has 0 atom stereocenters. The first-order valence-corrected chi connectivity index (χ1v) is 7.03. The maximum Gasteiger partial charge on any atom is 0.269 e. The second kappa shape index (κ2) is 8.28. The zero-order valence-corrected chi connectivity index (χ0v) is 12.9. The van der Waals surface area contributed by atoms with Gasteiger partial charge in [-0.1, -0.05) is 12.1 Å². The van der Waals surface area contributed by atoms with Crippen LogP contribution < -0.4 is 15.5 Å². The number of methoxy groups -OCH3 is 1. The molecule has 8 nitrogen and oxygen atoms in total. The summed E-state index contributed by atoms with van der Waals surface area (Å²) in [4.78, 5) is 21.8. The number of nitrogens with one attached hydrogen (secondary N) is 2. The second-order valence-electron chi connectivity index (χ2n) is 4.70. The molecule has 0 heterocycles. The smallest absolute Gasteiger partial charge is 0.269 e. The van der Waals surface area contributed by atoms with Crippen molar-refractivity contribution in [2.24, 2.45) is 5.10 Å². The number of hydrazone groups is 1. The van der Waals surface area contributed by atoms with E-state index in [1.54, 1.807) is 31.4 Å². The van der Waals surface area contributed by atoms with Gasteiger partial charge < -0.3 is 10.1 Å². The SMILES string of the molecule is COc1ccccc1NCC(=O)N/N=C/c1ccc([N+](=O)[O-])cc1. The Labute approximate surface area is 138 Å². The number of amides is 1. The number of anilines is 1. The van der Waals surface area contributed by atoms with Gasteiger partial charge in [0, 0.05) is 12.1 Å². The van der Waals surface area contributed by atoms with Crippen molar-refractivity contribution in [2.75, 3.05) is 19.0 Å². The van der Waals surface area contributed by atoms with Crippen LogP contribution in [0.4, 0.5) is 11.4 Å². The fraction of sp³-hybridized carbons (Fsp3) is 0.125. The van der Waals surface area contributed by atoms with E-state index in [1.165, 1.54) is 18.3 Å². The molecule has 0 unspecified atom stereocenters. The lowest BCUT2D eigenvalue weighted by molar-refractivity contribution is -0.384. The van der Waals surface area contributed by atoms with Crippen LogP contribution in [-0.2, 0) is 4.79 Å². The summed E-state index contributed by atoms with van der Waals surface area (Å²) in [6.45, 7) is 0.0258. The summed E-state index contributed by atoms with van der Waals surface area (Å²) in [7, 11) is 1.55. The van der Waals surface area contributed by atoms with Crippen molar-refractivity contribution in [2.45, 2.75) is 0 Å². The van der Waals surface area contributed by atoms with Gasteiger partial charge in [-0.05, 0) is 29.8 Å². The summed E-state index contributed by atoms with van der Waals surface area (Å²) in [5, 5.41) is 17.3. The fourth-order valence-corrected chi connectivity index (χ4v) is 1.87. The molecule has 8 heteroatoms. The van der Waals surface area contributed by atoms with Crippen LogP contribution in [0.5, 0.6) is 5.75 Å². The van der Waals surface area contributed by atoms with Crippen molar-refractivity contribution >= 4 is 23.5 Å². The first kappa shape index (κ1) is 16.9. The average Bonchev–Trinajstić information content (AvgIpc) is 2.60. The molecular formula is C16H16N4O4. The van der Waals surface area contributed by atoms with Gasteiger partial charge in [0.1, 0.15) is 5.75 Å². The van der Waals surface area contributed by atoms with Gasteiger partial charge in [0.25, 0.3) is 11.6 Å². The summed E-state index contributed by atoms with van der Waals surface area (Å²) in [5.74, 6) is 0.304. The molecule has 0 aliphatic carbocycles. The molecule has 0 bridgehead atoms. The maximum absolute atomic E-state index is 11.7. The molecule has 0 aliphatic heterocycles. The summed E-state index contributed by atoms with van der Waals surface area (Å²) in [5.41, 5.74) is 3.71. The Balaban J connectivity index is 1.83. The Morgan fingerprint density at radius 1 is 1.25 bits per heavy atom. The second-order valence-corrected chi connectivity index (χ2v) is 4.70. The van der Waals surface area contributed by atoms with Crippen LogP contribution in [0.3, 0.4) is 0 Å². The van der Waals surface area contributed by atoms with Crippen molar-refractivity contribution in [3.63, 3.8) is 0 Å². The van der Waals surface area contributed by atoms with E-state index in [9.17, 15) is 14.9 Å². The van der Waals surface area contributed by atoms with Crippen LogP contribution in [0, 0.1) is 10.1 Å². The van der Waals surface area contributed by atoms with Gasteiger partial charge in [-0.2, -0.15) is 5.10 Å². The predicted molar refractivity (Wildman–Crippen MR) is 90.3 cm³/mol. The number of ether oxygens (including phenoxy) is 1. The van der Waals surface area contributed by atoms with E-state index in [0.717, 1.165) is 0 Å². The topological polar surface area (TPSA) is 106 Å². The minimum absolute atomic E-state index is 0.00260. The first-order chi connectivity index (χ1) is 11.6. The molecule has 0 saturated carbocycles. The monoisotopic (exact) mass is 328 g/mol. The molecule has 2 aromatic rings.